The zero-order valence-corrected chi connectivity index (χ0v) is 23.3. The topological polar surface area (TPSA) is 70.4 Å². The number of fused-ring (bicyclic) bond motifs is 2. The van der Waals surface area contributed by atoms with E-state index in [2.05, 4.69) is 74.5 Å². The van der Waals surface area contributed by atoms with Gasteiger partial charge in [0.05, 0.1) is 12.0 Å². The Morgan fingerprint density at radius 1 is 0.975 bits per heavy atom. The molecule has 40 heavy (non-hydrogen) atoms. The second kappa shape index (κ2) is 10.4. The molecule has 0 radical (unpaired) electrons. The van der Waals surface area contributed by atoms with Gasteiger partial charge >= 0.3 is 0 Å². The Bertz CT molecular complexity index is 1660. The molecule has 9 heteroatoms. The maximum absolute atomic E-state index is 13.3. The second-order valence-electron chi connectivity index (χ2n) is 10.6. The van der Waals surface area contributed by atoms with Crippen LogP contribution in [0.5, 0.6) is 0 Å². The first-order chi connectivity index (χ1) is 19.6. The molecular formula is C31H31N7OS. The van der Waals surface area contributed by atoms with Crippen LogP contribution in [0.15, 0.2) is 78.6 Å². The molecule has 2 aromatic carbocycles. The van der Waals surface area contributed by atoms with E-state index < -0.39 is 0 Å². The van der Waals surface area contributed by atoms with Crippen LogP contribution in [0.1, 0.15) is 18.1 Å². The molecule has 3 aromatic heterocycles. The van der Waals surface area contributed by atoms with Gasteiger partial charge in [0.2, 0.25) is 5.91 Å². The molecule has 0 aliphatic carbocycles. The summed E-state index contributed by atoms with van der Waals surface area (Å²) in [4.78, 5) is 34.0. The molecule has 1 fully saturated rings. The van der Waals surface area contributed by atoms with Crippen LogP contribution in [-0.2, 0) is 24.3 Å². The van der Waals surface area contributed by atoms with Gasteiger partial charge in [-0.3, -0.25) is 4.79 Å². The normalized spacial score (nSPS) is 17.3. The SMILES string of the molecule is C[C@@H]1CN(c2cccc3c2CN(c2nc(-c4ccccc4)cs2)CC3)CCN1C(=O)Cn1cnc2cccnc21. The summed E-state index contributed by atoms with van der Waals surface area (Å²) in [6.07, 6.45) is 4.46. The number of amides is 1. The van der Waals surface area contributed by atoms with Crippen LogP contribution in [0.3, 0.4) is 0 Å². The Hall–Kier alpha value is -4.24. The average Bonchev–Trinajstić information content (AvgIpc) is 3.65. The second-order valence-corrected chi connectivity index (χ2v) is 11.4. The lowest BCUT2D eigenvalue weighted by Crippen LogP contribution is -2.55. The molecule has 0 bridgehead atoms. The van der Waals surface area contributed by atoms with Crippen molar-refractivity contribution in [2.75, 3.05) is 36.0 Å². The van der Waals surface area contributed by atoms with Crippen molar-refractivity contribution in [2.45, 2.75) is 32.5 Å². The fraction of sp³-hybridized carbons (Fsp3) is 0.290. The highest BCUT2D eigenvalue weighted by Crippen LogP contribution is 2.35. The smallest absolute Gasteiger partial charge is 0.242 e. The Labute approximate surface area is 237 Å². The van der Waals surface area contributed by atoms with Crippen molar-refractivity contribution in [3.63, 3.8) is 0 Å². The molecule has 0 saturated carbocycles. The van der Waals surface area contributed by atoms with Gasteiger partial charge in [-0.15, -0.1) is 11.3 Å². The fourth-order valence-corrected chi connectivity index (χ4v) is 6.83. The summed E-state index contributed by atoms with van der Waals surface area (Å²) in [6, 6.07) is 21.0. The number of imidazole rings is 1. The number of carbonyl (C=O) groups is 1. The van der Waals surface area contributed by atoms with Crippen molar-refractivity contribution in [1.82, 2.24) is 24.4 Å². The number of pyridine rings is 1. The number of aromatic nitrogens is 4. The maximum Gasteiger partial charge on any atom is 0.242 e. The number of benzene rings is 2. The maximum atomic E-state index is 13.3. The first-order valence-electron chi connectivity index (χ1n) is 13.8. The van der Waals surface area contributed by atoms with Crippen molar-refractivity contribution in [3.05, 3.63) is 89.7 Å². The molecule has 0 unspecified atom stereocenters. The number of hydrogen-bond acceptors (Lipinski definition) is 7. The number of piperazine rings is 1. The summed E-state index contributed by atoms with van der Waals surface area (Å²) in [5.41, 5.74) is 7.83. The third-order valence-corrected chi connectivity index (χ3v) is 8.95. The number of hydrogen-bond donors (Lipinski definition) is 0. The molecule has 1 atom stereocenters. The minimum atomic E-state index is 0.104. The van der Waals surface area contributed by atoms with Crippen LogP contribution in [0, 0.1) is 0 Å². The third kappa shape index (κ3) is 4.60. The zero-order valence-electron chi connectivity index (χ0n) is 22.5. The minimum Gasteiger partial charge on any atom is -0.367 e. The molecule has 8 nitrogen and oxygen atoms in total. The molecule has 202 valence electrons. The molecule has 5 aromatic rings. The predicted octanol–water partition coefficient (Wildman–Crippen LogP) is 4.85. The van der Waals surface area contributed by atoms with Gasteiger partial charge in [-0.25, -0.2) is 15.0 Å². The van der Waals surface area contributed by atoms with E-state index in [1.165, 1.54) is 16.8 Å². The largest absolute Gasteiger partial charge is 0.367 e. The van der Waals surface area contributed by atoms with E-state index in [-0.39, 0.29) is 18.5 Å². The Morgan fingerprint density at radius 2 is 1.88 bits per heavy atom. The van der Waals surface area contributed by atoms with E-state index in [1.807, 2.05) is 27.7 Å². The van der Waals surface area contributed by atoms with Crippen LogP contribution in [-0.4, -0.2) is 62.5 Å². The van der Waals surface area contributed by atoms with E-state index in [0.29, 0.717) is 6.54 Å². The molecule has 0 spiro atoms. The standard InChI is InChI=1S/C31H31N7OS/c1-22-17-35(15-16-38(22)29(39)19-37-21-33-26-10-6-13-32-30(26)37)28-11-5-9-23-12-14-36(18-25(23)28)31-34-27(20-40-31)24-7-3-2-4-8-24/h2-11,13,20-22H,12,14-19H2,1H3/t22-/m1/s1. The highest BCUT2D eigenvalue weighted by Gasteiger charge is 2.30. The number of carbonyl (C=O) groups excluding carboxylic acids is 1. The number of thiazole rings is 1. The summed E-state index contributed by atoms with van der Waals surface area (Å²) in [5, 5.41) is 3.23. The van der Waals surface area contributed by atoms with Crippen molar-refractivity contribution in [1.29, 1.82) is 0 Å². The highest BCUT2D eigenvalue weighted by molar-refractivity contribution is 7.14. The Balaban J connectivity index is 1.06. The van der Waals surface area contributed by atoms with Crippen molar-refractivity contribution < 1.29 is 4.79 Å². The molecule has 1 amide bonds. The van der Waals surface area contributed by atoms with Crippen molar-refractivity contribution in [2.24, 2.45) is 0 Å². The van der Waals surface area contributed by atoms with Crippen molar-refractivity contribution in [3.8, 4) is 11.3 Å². The first-order valence-corrected chi connectivity index (χ1v) is 14.7. The molecule has 0 N–H and O–H groups in total. The summed E-state index contributed by atoms with van der Waals surface area (Å²) >= 11 is 1.72. The van der Waals surface area contributed by atoms with Gasteiger partial charge in [-0.05, 0) is 42.7 Å². The average molecular weight is 550 g/mol. The zero-order chi connectivity index (χ0) is 27.1. The lowest BCUT2D eigenvalue weighted by atomic mass is 9.97. The van der Waals surface area contributed by atoms with Gasteiger partial charge in [-0.1, -0.05) is 42.5 Å². The Morgan fingerprint density at radius 3 is 2.75 bits per heavy atom. The summed E-state index contributed by atoms with van der Waals surface area (Å²) in [7, 11) is 0. The van der Waals surface area contributed by atoms with Gasteiger partial charge < -0.3 is 19.3 Å². The van der Waals surface area contributed by atoms with Crippen LogP contribution in [0.2, 0.25) is 0 Å². The summed E-state index contributed by atoms with van der Waals surface area (Å²) < 4.78 is 1.85. The lowest BCUT2D eigenvalue weighted by molar-refractivity contribution is -0.134. The molecule has 2 aliphatic heterocycles. The van der Waals surface area contributed by atoms with E-state index in [9.17, 15) is 4.79 Å². The van der Waals surface area contributed by atoms with Crippen LogP contribution in [0.25, 0.3) is 22.4 Å². The Kier molecular flexibility index (Phi) is 6.43. The predicted molar refractivity (Wildman–Crippen MR) is 160 cm³/mol. The van der Waals surface area contributed by atoms with E-state index in [1.54, 1.807) is 23.9 Å². The number of anilines is 2. The number of nitrogens with zero attached hydrogens (tertiary/aromatic N) is 7. The highest BCUT2D eigenvalue weighted by atomic mass is 32.1. The van der Waals surface area contributed by atoms with E-state index in [0.717, 1.165) is 60.2 Å². The molecule has 2 aliphatic rings. The molecular weight excluding hydrogens is 518 g/mol. The summed E-state index contributed by atoms with van der Waals surface area (Å²) in [6.45, 7) is 6.53. The van der Waals surface area contributed by atoms with Gasteiger partial charge in [-0.2, -0.15) is 0 Å². The van der Waals surface area contributed by atoms with Gasteiger partial charge in [0, 0.05) is 61.6 Å². The summed E-state index contributed by atoms with van der Waals surface area (Å²) in [5.74, 6) is 0.108. The van der Waals surface area contributed by atoms with Gasteiger partial charge in [0.25, 0.3) is 0 Å². The van der Waals surface area contributed by atoms with Crippen molar-refractivity contribution >= 4 is 39.2 Å². The van der Waals surface area contributed by atoms with Gasteiger partial charge in [0.1, 0.15) is 12.1 Å². The van der Waals surface area contributed by atoms with Crippen LogP contribution < -0.4 is 9.80 Å². The van der Waals surface area contributed by atoms with Gasteiger partial charge in [0.15, 0.2) is 10.8 Å². The quantitative estimate of drug-likeness (QED) is 0.312. The minimum absolute atomic E-state index is 0.104. The first kappa shape index (κ1) is 24.8. The van der Waals surface area contributed by atoms with E-state index >= 15 is 0 Å². The van der Waals surface area contributed by atoms with Crippen LogP contribution >= 0.6 is 11.3 Å². The van der Waals surface area contributed by atoms with E-state index in [4.69, 9.17) is 4.98 Å². The fourth-order valence-electron chi connectivity index (χ4n) is 5.97. The third-order valence-electron chi connectivity index (χ3n) is 8.05. The monoisotopic (exact) mass is 549 g/mol. The molecule has 1 saturated heterocycles. The molecule has 7 rings (SSSR count). The number of rotatable bonds is 5. The molecule has 5 heterocycles. The van der Waals surface area contributed by atoms with Crippen LogP contribution in [0.4, 0.5) is 10.8 Å². The lowest BCUT2D eigenvalue weighted by Gasteiger charge is -2.42.